The molecule has 9 nitrogen and oxygen atoms in total. The third-order valence-electron chi connectivity index (χ3n) is 5.16. The number of aromatic nitrogens is 4. The molecule has 1 fully saturated rings. The van der Waals surface area contributed by atoms with Crippen molar-refractivity contribution < 1.29 is 14.3 Å². The van der Waals surface area contributed by atoms with Crippen LogP contribution in [0.5, 0.6) is 5.75 Å². The lowest BCUT2D eigenvalue weighted by Gasteiger charge is -2.32. The molecule has 1 N–H and O–H groups in total. The van der Waals surface area contributed by atoms with E-state index < -0.39 is 0 Å². The van der Waals surface area contributed by atoms with Gasteiger partial charge in [-0.3, -0.25) is 14.6 Å². The minimum absolute atomic E-state index is 0.108. The maximum atomic E-state index is 12.5. The van der Waals surface area contributed by atoms with Crippen LogP contribution in [0.2, 0.25) is 0 Å². The Morgan fingerprint density at radius 2 is 1.87 bits per heavy atom. The number of carbonyl (C=O) groups is 2. The van der Waals surface area contributed by atoms with Crippen LogP contribution in [0, 0.1) is 0 Å². The second kappa shape index (κ2) is 9.84. The van der Waals surface area contributed by atoms with E-state index in [9.17, 15) is 9.59 Å². The summed E-state index contributed by atoms with van der Waals surface area (Å²) < 4.78 is 7.42. The lowest BCUT2D eigenvalue weighted by Crippen LogP contribution is -2.39. The van der Waals surface area contributed by atoms with Crippen molar-refractivity contribution in [3.8, 4) is 5.75 Å². The molecule has 0 spiro atoms. The molecule has 31 heavy (non-hydrogen) atoms. The number of anilines is 1. The summed E-state index contributed by atoms with van der Waals surface area (Å²) in [5.41, 5.74) is 0.353. The van der Waals surface area contributed by atoms with Crippen LogP contribution in [-0.4, -0.2) is 56.2 Å². The van der Waals surface area contributed by atoms with Gasteiger partial charge in [0.15, 0.2) is 0 Å². The normalized spacial score (nSPS) is 14.3. The van der Waals surface area contributed by atoms with Gasteiger partial charge in [0.25, 0.3) is 5.91 Å². The van der Waals surface area contributed by atoms with E-state index >= 15 is 0 Å². The van der Waals surface area contributed by atoms with Gasteiger partial charge in [0.1, 0.15) is 17.3 Å². The number of nitrogens with one attached hydrogen (secondary N) is 1. The molecule has 1 aromatic carbocycles. The molecule has 2 amide bonds. The van der Waals surface area contributed by atoms with Gasteiger partial charge in [-0.25, -0.2) is 9.67 Å². The first-order valence-corrected chi connectivity index (χ1v) is 10.3. The highest BCUT2D eigenvalue weighted by molar-refractivity contribution is 5.92. The smallest absolute Gasteiger partial charge is 0.274 e. The van der Waals surface area contributed by atoms with Gasteiger partial charge >= 0.3 is 0 Å². The van der Waals surface area contributed by atoms with E-state index in [2.05, 4.69) is 20.4 Å². The molecule has 1 aliphatic rings. The molecule has 0 atom stereocenters. The largest absolute Gasteiger partial charge is 0.493 e. The van der Waals surface area contributed by atoms with Gasteiger partial charge < -0.3 is 15.0 Å². The molecule has 1 aliphatic heterocycles. The van der Waals surface area contributed by atoms with Gasteiger partial charge in [-0.2, -0.15) is 5.10 Å². The molecule has 0 unspecified atom stereocenters. The first-order chi connectivity index (χ1) is 15.2. The lowest BCUT2D eigenvalue weighted by atomic mass is 10.0. The Hall–Kier alpha value is -3.75. The summed E-state index contributed by atoms with van der Waals surface area (Å²) >= 11 is 0. The molecule has 0 radical (unpaired) electrons. The minimum atomic E-state index is -0.132. The van der Waals surface area contributed by atoms with Crippen molar-refractivity contribution in [2.45, 2.75) is 25.3 Å². The zero-order valence-electron chi connectivity index (χ0n) is 17.1. The average molecular weight is 420 g/mol. The van der Waals surface area contributed by atoms with Gasteiger partial charge in [-0.15, -0.1) is 0 Å². The number of carbonyl (C=O) groups excluding carboxylic acids is 2. The topological polar surface area (TPSA) is 102 Å². The van der Waals surface area contributed by atoms with Crippen LogP contribution in [0.3, 0.4) is 0 Å². The van der Waals surface area contributed by atoms with E-state index in [1.807, 2.05) is 35.0 Å². The number of piperidine rings is 1. The number of ether oxygens (including phenoxy) is 1. The Bertz CT molecular complexity index is 1000. The molecular weight excluding hydrogens is 396 g/mol. The molecule has 1 saturated heterocycles. The van der Waals surface area contributed by atoms with Gasteiger partial charge in [0.05, 0.1) is 31.5 Å². The van der Waals surface area contributed by atoms with Crippen LogP contribution in [0.15, 0.2) is 61.2 Å². The number of benzene rings is 1. The average Bonchev–Trinajstić information content (AvgIpc) is 3.28. The first kappa shape index (κ1) is 20.5. The van der Waals surface area contributed by atoms with E-state index in [4.69, 9.17) is 4.74 Å². The molecule has 2 aromatic heterocycles. The summed E-state index contributed by atoms with van der Waals surface area (Å²) in [7, 11) is 0. The number of nitrogens with zero attached hydrogens (tertiary/aromatic N) is 5. The van der Waals surface area contributed by atoms with Gasteiger partial charge in [0.2, 0.25) is 5.91 Å². The van der Waals surface area contributed by atoms with Crippen molar-refractivity contribution in [3.63, 3.8) is 0 Å². The standard InChI is InChI=1S/C22H24N6O3/c29-21(9-15-31-18-4-2-1-3-5-18)26-20-6-10-25-28(20)17-7-13-27(14-8-17)22(30)19-16-23-11-12-24-19/h1-6,10-12,16-17H,7-9,13-15H2,(H,26,29). The summed E-state index contributed by atoms with van der Waals surface area (Å²) in [6, 6.07) is 11.3. The Morgan fingerprint density at radius 1 is 1.06 bits per heavy atom. The molecular formula is C22H24N6O3. The lowest BCUT2D eigenvalue weighted by molar-refractivity contribution is -0.116. The Morgan fingerprint density at radius 3 is 2.61 bits per heavy atom. The van der Waals surface area contributed by atoms with E-state index in [-0.39, 0.29) is 24.3 Å². The Kier molecular flexibility index (Phi) is 6.51. The summed E-state index contributed by atoms with van der Waals surface area (Å²) in [5.74, 6) is 1.15. The molecule has 9 heteroatoms. The van der Waals surface area contributed by atoms with Gasteiger partial charge in [-0.1, -0.05) is 18.2 Å². The summed E-state index contributed by atoms with van der Waals surface area (Å²) in [6.07, 6.45) is 7.95. The second-order valence-electron chi connectivity index (χ2n) is 7.23. The maximum absolute atomic E-state index is 12.5. The van der Waals surface area contributed by atoms with E-state index in [1.165, 1.54) is 12.4 Å². The van der Waals surface area contributed by atoms with Gasteiger partial charge in [0, 0.05) is 31.5 Å². The monoisotopic (exact) mass is 420 g/mol. The molecule has 4 rings (SSSR count). The van der Waals surface area contributed by atoms with Crippen molar-refractivity contribution >= 4 is 17.6 Å². The van der Waals surface area contributed by atoms with Crippen molar-refractivity contribution in [1.29, 1.82) is 0 Å². The van der Waals surface area contributed by atoms with Crippen LogP contribution in [0.25, 0.3) is 0 Å². The van der Waals surface area contributed by atoms with E-state index in [0.29, 0.717) is 31.2 Å². The molecule has 0 bridgehead atoms. The third-order valence-corrected chi connectivity index (χ3v) is 5.16. The molecule has 0 saturated carbocycles. The number of likely N-dealkylation sites (tertiary alicyclic amines) is 1. The summed E-state index contributed by atoms with van der Waals surface area (Å²) in [6.45, 7) is 1.49. The fourth-order valence-corrected chi connectivity index (χ4v) is 3.57. The van der Waals surface area contributed by atoms with Crippen molar-refractivity contribution in [2.24, 2.45) is 0 Å². The van der Waals surface area contributed by atoms with Crippen LogP contribution < -0.4 is 10.1 Å². The zero-order valence-corrected chi connectivity index (χ0v) is 17.1. The minimum Gasteiger partial charge on any atom is -0.493 e. The predicted octanol–water partition coefficient (Wildman–Crippen LogP) is 2.56. The van der Waals surface area contributed by atoms with Crippen LogP contribution >= 0.6 is 0 Å². The highest BCUT2D eigenvalue weighted by Crippen LogP contribution is 2.26. The molecule has 160 valence electrons. The van der Waals surface area contributed by atoms with Crippen molar-refractivity contribution in [2.75, 3.05) is 25.0 Å². The Labute approximate surface area is 180 Å². The number of hydrogen-bond acceptors (Lipinski definition) is 6. The number of hydrogen-bond donors (Lipinski definition) is 1. The fraction of sp³-hybridized carbons (Fsp3) is 0.318. The van der Waals surface area contributed by atoms with Crippen LogP contribution in [-0.2, 0) is 4.79 Å². The van der Waals surface area contributed by atoms with Crippen LogP contribution in [0.1, 0.15) is 35.8 Å². The molecule has 0 aliphatic carbocycles. The SMILES string of the molecule is O=C(CCOc1ccccc1)Nc1ccnn1C1CCN(C(=O)c2cnccn2)CC1. The number of para-hydroxylation sites is 1. The zero-order chi connectivity index (χ0) is 21.5. The molecule has 3 aromatic rings. The van der Waals surface area contributed by atoms with Crippen molar-refractivity contribution in [3.05, 3.63) is 66.9 Å². The second-order valence-corrected chi connectivity index (χ2v) is 7.23. The highest BCUT2D eigenvalue weighted by Gasteiger charge is 2.27. The first-order valence-electron chi connectivity index (χ1n) is 10.3. The van der Waals surface area contributed by atoms with E-state index in [0.717, 1.165) is 18.6 Å². The van der Waals surface area contributed by atoms with E-state index in [1.54, 1.807) is 23.4 Å². The summed E-state index contributed by atoms with van der Waals surface area (Å²) in [5, 5.41) is 7.31. The van der Waals surface area contributed by atoms with Crippen LogP contribution in [0.4, 0.5) is 5.82 Å². The van der Waals surface area contributed by atoms with Crippen molar-refractivity contribution in [1.82, 2.24) is 24.6 Å². The maximum Gasteiger partial charge on any atom is 0.274 e. The quantitative estimate of drug-likeness (QED) is 0.630. The fourth-order valence-electron chi connectivity index (χ4n) is 3.57. The predicted molar refractivity (Wildman–Crippen MR) is 114 cm³/mol. The number of amides is 2. The molecule has 3 heterocycles. The third kappa shape index (κ3) is 5.25. The van der Waals surface area contributed by atoms with Gasteiger partial charge in [-0.05, 0) is 25.0 Å². The Balaban J connectivity index is 1.27. The summed E-state index contributed by atoms with van der Waals surface area (Å²) in [4.78, 5) is 34.7. The highest BCUT2D eigenvalue weighted by atomic mass is 16.5. The number of rotatable bonds is 7.